The van der Waals surface area contributed by atoms with Gasteiger partial charge < -0.3 is 15.0 Å². The minimum Gasteiger partial charge on any atom is -0.490 e. The third-order valence-electron chi connectivity index (χ3n) is 4.34. The standard InChI is InChI=1S/C21H20N4O2/c1-14-13-15(2)23-21(22-14)24-17-9-7-16(8-10-17)20(26)25-11-12-27-19-6-4-3-5-18(19)25/h3-10,13H,11-12H2,1-2H3,(H,22,23,24). The number of nitrogens with zero attached hydrogens (tertiary/aromatic N) is 3. The molecule has 0 bridgehead atoms. The number of hydrogen-bond acceptors (Lipinski definition) is 5. The highest BCUT2D eigenvalue weighted by Gasteiger charge is 2.24. The third kappa shape index (κ3) is 3.60. The lowest BCUT2D eigenvalue weighted by Gasteiger charge is -2.29. The highest BCUT2D eigenvalue weighted by Crippen LogP contribution is 2.32. The summed E-state index contributed by atoms with van der Waals surface area (Å²) in [6.45, 7) is 4.89. The molecule has 0 radical (unpaired) electrons. The van der Waals surface area contributed by atoms with Crippen molar-refractivity contribution in [3.8, 4) is 5.75 Å². The number of aromatic nitrogens is 2. The molecule has 2 heterocycles. The van der Waals surface area contributed by atoms with Crippen LogP contribution in [0.15, 0.2) is 54.6 Å². The number of fused-ring (bicyclic) bond motifs is 1. The first-order valence-electron chi connectivity index (χ1n) is 8.83. The second-order valence-electron chi connectivity index (χ2n) is 6.45. The van der Waals surface area contributed by atoms with Crippen molar-refractivity contribution < 1.29 is 9.53 Å². The summed E-state index contributed by atoms with van der Waals surface area (Å²) in [7, 11) is 0. The zero-order valence-corrected chi connectivity index (χ0v) is 15.3. The van der Waals surface area contributed by atoms with Gasteiger partial charge in [0.2, 0.25) is 5.95 Å². The highest BCUT2D eigenvalue weighted by molar-refractivity contribution is 6.07. The second-order valence-corrected chi connectivity index (χ2v) is 6.45. The first kappa shape index (κ1) is 17.0. The molecular weight excluding hydrogens is 340 g/mol. The summed E-state index contributed by atoms with van der Waals surface area (Å²) in [5.41, 5.74) is 4.07. The van der Waals surface area contributed by atoms with Crippen molar-refractivity contribution in [1.82, 2.24) is 9.97 Å². The predicted molar refractivity (Wildman–Crippen MR) is 105 cm³/mol. The van der Waals surface area contributed by atoms with Crippen LogP contribution in [0.1, 0.15) is 21.7 Å². The van der Waals surface area contributed by atoms with E-state index in [4.69, 9.17) is 4.74 Å². The van der Waals surface area contributed by atoms with Crippen molar-refractivity contribution >= 4 is 23.2 Å². The number of benzene rings is 2. The number of carbonyl (C=O) groups is 1. The van der Waals surface area contributed by atoms with Crippen LogP contribution >= 0.6 is 0 Å². The summed E-state index contributed by atoms with van der Waals surface area (Å²) >= 11 is 0. The number of carbonyl (C=O) groups excluding carboxylic acids is 1. The van der Waals surface area contributed by atoms with E-state index in [2.05, 4.69) is 15.3 Å². The normalized spacial score (nSPS) is 12.9. The molecule has 1 aliphatic heterocycles. The minimum absolute atomic E-state index is 0.0417. The van der Waals surface area contributed by atoms with E-state index in [0.717, 1.165) is 28.5 Å². The Morgan fingerprint density at radius 2 is 1.74 bits per heavy atom. The summed E-state index contributed by atoms with van der Waals surface area (Å²) in [5, 5.41) is 3.18. The smallest absolute Gasteiger partial charge is 0.258 e. The van der Waals surface area contributed by atoms with Gasteiger partial charge in [0, 0.05) is 22.6 Å². The zero-order chi connectivity index (χ0) is 18.8. The monoisotopic (exact) mass is 360 g/mol. The van der Waals surface area contributed by atoms with Crippen LogP contribution in [-0.2, 0) is 0 Å². The molecular formula is C21H20N4O2. The van der Waals surface area contributed by atoms with E-state index >= 15 is 0 Å². The number of rotatable bonds is 3. The molecule has 1 N–H and O–H groups in total. The van der Waals surface area contributed by atoms with Gasteiger partial charge in [-0.2, -0.15) is 0 Å². The van der Waals surface area contributed by atoms with E-state index in [9.17, 15) is 4.79 Å². The molecule has 27 heavy (non-hydrogen) atoms. The minimum atomic E-state index is -0.0417. The van der Waals surface area contributed by atoms with Crippen LogP contribution in [0.5, 0.6) is 5.75 Å². The van der Waals surface area contributed by atoms with Gasteiger partial charge in [0.25, 0.3) is 5.91 Å². The lowest BCUT2D eigenvalue weighted by molar-refractivity contribution is 0.0976. The Labute approximate surface area is 157 Å². The van der Waals surface area contributed by atoms with E-state index in [1.54, 1.807) is 4.90 Å². The van der Waals surface area contributed by atoms with Crippen LogP contribution in [0.2, 0.25) is 0 Å². The van der Waals surface area contributed by atoms with Gasteiger partial charge in [-0.15, -0.1) is 0 Å². The van der Waals surface area contributed by atoms with Gasteiger partial charge in [-0.3, -0.25) is 4.79 Å². The fraction of sp³-hybridized carbons (Fsp3) is 0.190. The van der Waals surface area contributed by atoms with Gasteiger partial charge >= 0.3 is 0 Å². The topological polar surface area (TPSA) is 67.4 Å². The van der Waals surface area contributed by atoms with Crippen molar-refractivity contribution in [2.45, 2.75) is 13.8 Å². The molecule has 1 amide bonds. The summed E-state index contributed by atoms with van der Waals surface area (Å²) in [4.78, 5) is 23.5. The van der Waals surface area contributed by atoms with E-state index in [-0.39, 0.29) is 5.91 Å². The molecule has 136 valence electrons. The van der Waals surface area contributed by atoms with Crippen LogP contribution in [0, 0.1) is 13.8 Å². The van der Waals surface area contributed by atoms with Crippen LogP contribution < -0.4 is 15.0 Å². The van der Waals surface area contributed by atoms with Gasteiger partial charge in [0.15, 0.2) is 0 Å². The van der Waals surface area contributed by atoms with Gasteiger partial charge in [-0.1, -0.05) is 12.1 Å². The largest absolute Gasteiger partial charge is 0.490 e. The molecule has 0 atom stereocenters. The number of anilines is 3. The first-order chi connectivity index (χ1) is 13.1. The molecule has 0 spiro atoms. The quantitative estimate of drug-likeness (QED) is 0.768. The fourth-order valence-electron chi connectivity index (χ4n) is 3.14. The zero-order valence-electron chi connectivity index (χ0n) is 15.3. The molecule has 3 aromatic rings. The van der Waals surface area contributed by atoms with Crippen LogP contribution in [0.4, 0.5) is 17.3 Å². The molecule has 1 aliphatic rings. The molecule has 0 fully saturated rings. The van der Waals surface area contributed by atoms with E-state index in [0.29, 0.717) is 24.7 Å². The van der Waals surface area contributed by atoms with Gasteiger partial charge in [0.1, 0.15) is 12.4 Å². The molecule has 0 saturated carbocycles. The van der Waals surface area contributed by atoms with Crippen LogP contribution in [-0.4, -0.2) is 29.0 Å². The predicted octanol–water partition coefficient (Wildman–Crippen LogP) is 3.88. The Hall–Kier alpha value is -3.41. The summed E-state index contributed by atoms with van der Waals surface area (Å²) in [6, 6.07) is 16.9. The lowest BCUT2D eigenvalue weighted by atomic mass is 10.1. The maximum absolute atomic E-state index is 12.9. The molecule has 0 unspecified atom stereocenters. The molecule has 0 aliphatic carbocycles. The summed E-state index contributed by atoms with van der Waals surface area (Å²) < 4.78 is 5.63. The highest BCUT2D eigenvalue weighted by atomic mass is 16.5. The fourth-order valence-corrected chi connectivity index (χ4v) is 3.14. The first-order valence-corrected chi connectivity index (χ1v) is 8.83. The van der Waals surface area contributed by atoms with Gasteiger partial charge in [-0.05, 0) is 56.3 Å². The molecule has 0 saturated heterocycles. The molecule has 6 nitrogen and oxygen atoms in total. The molecule has 1 aromatic heterocycles. The number of nitrogens with one attached hydrogen (secondary N) is 1. The maximum Gasteiger partial charge on any atom is 0.258 e. The average Bonchev–Trinajstić information content (AvgIpc) is 2.67. The Bertz CT molecular complexity index is 965. The number of para-hydroxylation sites is 2. The molecule has 4 rings (SSSR count). The molecule has 6 heteroatoms. The summed E-state index contributed by atoms with van der Waals surface area (Å²) in [6.07, 6.45) is 0. The van der Waals surface area contributed by atoms with Crippen LogP contribution in [0.25, 0.3) is 0 Å². The van der Waals surface area contributed by atoms with Gasteiger partial charge in [0.05, 0.1) is 12.2 Å². The van der Waals surface area contributed by atoms with Crippen molar-refractivity contribution in [2.24, 2.45) is 0 Å². The van der Waals surface area contributed by atoms with Crippen molar-refractivity contribution in [1.29, 1.82) is 0 Å². The Kier molecular flexibility index (Phi) is 4.46. The van der Waals surface area contributed by atoms with Crippen molar-refractivity contribution in [3.63, 3.8) is 0 Å². The number of ether oxygens (including phenoxy) is 1. The van der Waals surface area contributed by atoms with Crippen molar-refractivity contribution in [2.75, 3.05) is 23.4 Å². The van der Waals surface area contributed by atoms with Crippen LogP contribution in [0.3, 0.4) is 0 Å². The Morgan fingerprint density at radius 3 is 2.48 bits per heavy atom. The van der Waals surface area contributed by atoms with Gasteiger partial charge in [-0.25, -0.2) is 9.97 Å². The Morgan fingerprint density at radius 1 is 1.04 bits per heavy atom. The van der Waals surface area contributed by atoms with Crippen molar-refractivity contribution in [3.05, 3.63) is 71.5 Å². The average molecular weight is 360 g/mol. The summed E-state index contributed by atoms with van der Waals surface area (Å²) in [5.74, 6) is 1.25. The number of aryl methyl sites for hydroxylation is 2. The van der Waals surface area contributed by atoms with E-state index < -0.39 is 0 Å². The number of amides is 1. The van der Waals surface area contributed by atoms with E-state index in [1.807, 2.05) is 68.4 Å². The lowest BCUT2D eigenvalue weighted by Crippen LogP contribution is -2.37. The second kappa shape index (κ2) is 7.07. The van der Waals surface area contributed by atoms with E-state index in [1.165, 1.54) is 0 Å². The number of hydrogen-bond donors (Lipinski definition) is 1. The maximum atomic E-state index is 12.9. The Balaban J connectivity index is 1.53. The SMILES string of the molecule is Cc1cc(C)nc(Nc2ccc(C(=O)N3CCOc4ccccc43)cc2)n1. The third-order valence-corrected chi connectivity index (χ3v) is 4.34. The molecule has 2 aromatic carbocycles.